The quantitative estimate of drug-likeness (QED) is 0.821. The van der Waals surface area contributed by atoms with Crippen LogP contribution in [-0.4, -0.2) is 15.6 Å². The van der Waals surface area contributed by atoms with Crippen LogP contribution in [0, 0.1) is 0 Å². The van der Waals surface area contributed by atoms with Crippen molar-refractivity contribution in [1.29, 1.82) is 0 Å². The molecule has 0 saturated heterocycles. The largest absolute Gasteiger partial charge is 0.399 e. The Balaban J connectivity index is 2.00. The highest BCUT2D eigenvalue weighted by Gasteiger charge is 2.06. The highest BCUT2D eigenvalue weighted by molar-refractivity contribution is 6.33. The summed E-state index contributed by atoms with van der Waals surface area (Å²) in [5.74, 6) is 0. The standard InChI is InChI=1S/C12H15ClN4/c1-9(7-17-5-4-15-8-17)16-12-3-2-10(14)6-11(12)13/h2-6,8-9,16H,7,14H2,1H3. The Morgan fingerprint density at radius 3 is 3.00 bits per heavy atom. The molecular formula is C12H15ClN4. The number of nitrogens with zero attached hydrogens (tertiary/aromatic N) is 2. The molecule has 3 N–H and O–H groups in total. The molecule has 0 spiro atoms. The molecule has 1 aromatic heterocycles. The third kappa shape index (κ3) is 3.14. The molecule has 0 aliphatic rings. The Kier molecular flexibility index (Phi) is 3.54. The molecule has 90 valence electrons. The van der Waals surface area contributed by atoms with Crippen LogP contribution in [0.2, 0.25) is 5.02 Å². The molecule has 1 atom stereocenters. The van der Waals surface area contributed by atoms with Crippen molar-refractivity contribution < 1.29 is 0 Å². The second-order valence-electron chi connectivity index (χ2n) is 4.04. The van der Waals surface area contributed by atoms with E-state index < -0.39 is 0 Å². The van der Waals surface area contributed by atoms with E-state index in [0.29, 0.717) is 10.7 Å². The molecule has 0 bridgehead atoms. The van der Waals surface area contributed by atoms with E-state index in [4.69, 9.17) is 17.3 Å². The first-order valence-electron chi connectivity index (χ1n) is 5.42. The van der Waals surface area contributed by atoms with E-state index in [1.165, 1.54) is 0 Å². The van der Waals surface area contributed by atoms with Crippen molar-refractivity contribution in [1.82, 2.24) is 9.55 Å². The van der Waals surface area contributed by atoms with E-state index in [1.54, 1.807) is 18.6 Å². The van der Waals surface area contributed by atoms with Gasteiger partial charge in [-0.2, -0.15) is 0 Å². The SMILES string of the molecule is CC(Cn1ccnc1)Nc1ccc(N)cc1Cl. The minimum Gasteiger partial charge on any atom is -0.399 e. The summed E-state index contributed by atoms with van der Waals surface area (Å²) in [5, 5.41) is 3.98. The minimum atomic E-state index is 0.255. The maximum Gasteiger partial charge on any atom is 0.0946 e. The zero-order valence-electron chi connectivity index (χ0n) is 9.60. The molecule has 5 heteroatoms. The van der Waals surface area contributed by atoms with E-state index in [-0.39, 0.29) is 6.04 Å². The van der Waals surface area contributed by atoms with Gasteiger partial charge in [0.2, 0.25) is 0 Å². The Bertz CT molecular complexity index is 481. The number of rotatable bonds is 4. The Hall–Kier alpha value is -1.68. The lowest BCUT2D eigenvalue weighted by Crippen LogP contribution is -2.21. The van der Waals surface area contributed by atoms with E-state index in [1.807, 2.05) is 22.9 Å². The average molecular weight is 251 g/mol. The van der Waals surface area contributed by atoms with Gasteiger partial charge >= 0.3 is 0 Å². The van der Waals surface area contributed by atoms with Crippen LogP contribution in [0.3, 0.4) is 0 Å². The summed E-state index contributed by atoms with van der Waals surface area (Å²) < 4.78 is 2.02. The van der Waals surface area contributed by atoms with Gasteiger partial charge in [-0.15, -0.1) is 0 Å². The number of nitrogens with one attached hydrogen (secondary N) is 1. The van der Waals surface area contributed by atoms with Gasteiger partial charge in [0.25, 0.3) is 0 Å². The third-order valence-corrected chi connectivity index (χ3v) is 2.75. The highest BCUT2D eigenvalue weighted by Crippen LogP contribution is 2.24. The number of nitrogen functional groups attached to an aromatic ring is 1. The first-order chi connectivity index (χ1) is 8.15. The summed E-state index contributed by atoms with van der Waals surface area (Å²) in [6, 6.07) is 5.72. The second-order valence-corrected chi connectivity index (χ2v) is 4.45. The van der Waals surface area contributed by atoms with Crippen molar-refractivity contribution in [3.05, 3.63) is 41.9 Å². The van der Waals surface area contributed by atoms with Crippen LogP contribution in [0.5, 0.6) is 0 Å². The van der Waals surface area contributed by atoms with Crippen LogP contribution in [-0.2, 0) is 6.54 Å². The number of hydrogen-bond acceptors (Lipinski definition) is 3. The Morgan fingerprint density at radius 1 is 1.53 bits per heavy atom. The molecule has 0 aliphatic heterocycles. The number of aromatic nitrogens is 2. The Labute approximate surface area is 105 Å². The van der Waals surface area contributed by atoms with Crippen molar-refractivity contribution in [3.8, 4) is 0 Å². The van der Waals surface area contributed by atoms with E-state index in [0.717, 1.165) is 12.2 Å². The highest BCUT2D eigenvalue weighted by atomic mass is 35.5. The average Bonchev–Trinajstić information content (AvgIpc) is 2.75. The second kappa shape index (κ2) is 5.10. The fourth-order valence-electron chi connectivity index (χ4n) is 1.67. The van der Waals surface area contributed by atoms with Gasteiger partial charge in [0.1, 0.15) is 0 Å². The van der Waals surface area contributed by atoms with Crippen LogP contribution in [0.4, 0.5) is 11.4 Å². The van der Waals surface area contributed by atoms with Gasteiger partial charge in [-0.3, -0.25) is 0 Å². The summed E-state index contributed by atoms with van der Waals surface area (Å²) in [6.45, 7) is 2.92. The van der Waals surface area contributed by atoms with Crippen LogP contribution >= 0.6 is 11.6 Å². The fraction of sp³-hybridized carbons (Fsp3) is 0.250. The lowest BCUT2D eigenvalue weighted by molar-refractivity contribution is 0.619. The topological polar surface area (TPSA) is 55.9 Å². The van der Waals surface area contributed by atoms with Gasteiger partial charge < -0.3 is 15.6 Å². The van der Waals surface area contributed by atoms with Gasteiger partial charge in [-0.1, -0.05) is 11.6 Å². The van der Waals surface area contributed by atoms with E-state index in [2.05, 4.69) is 17.2 Å². The smallest absolute Gasteiger partial charge is 0.0946 e. The number of imidazole rings is 1. The molecule has 2 rings (SSSR count). The van der Waals surface area contributed by atoms with Gasteiger partial charge in [-0.25, -0.2) is 4.98 Å². The fourth-order valence-corrected chi connectivity index (χ4v) is 1.91. The summed E-state index contributed by atoms with van der Waals surface area (Å²) in [5.41, 5.74) is 7.21. The van der Waals surface area contributed by atoms with Gasteiger partial charge in [0.15, 0.2) is 0 Å². The predicted molar refractivity (Wildman–Crippen MR) is 71.2 cm³/mol. The summed E-state index contributed by atoms with van der Waals surface area (Å²) in [7, 11) is 0. The molecule has 4 nitrogen and oxygen atoms in total. The van der Waals surface area contributed by atoms with Crippen LogP contribution in [0.1, 0.15) is 6.92 Å². The molecule has 0 radical (unpaired) electrons. The maximum atomic E-state index is 6.09. The number of anilines is 2. The zero-order chi connectivity index (χ0) is 12.3. The lowest BCUT2D eigenvalue weighted by atomic mass is 10.2. The van der Waals surface area contributed by atoms with Crippen molar-refractivity contribution in [2.75, 3.05) is 11.1 Å². The molecule has 17 heavy (non-hydrogen) atoms. The molecule has 0 fully saturated rings. The van der Waals surface area contributed by atoms with Crippen molar-refractivity contribution in [2.45, 2.75) is 19.5 Å². The molecule has 0 aliphatic carbocycles. The molecule has 1 heterocycles. The Morgan fingerprint density at radius 2 is 2.35 bits per heavy atom. The zero-order valence-corrected chi connectivity index (χ0v) is 10.4. The normalized spacial score (nSPS) is 12.4. The van der Waals surface area contributed by atoms with Crippen LogP contribution < -0.4 is 11.1 Å². The minimum absolute atomic E-state index is 0.255. The van der Waals surface area contributed by atoms with Crippen LogP contribution in [0.25, 0.3) is 0 Å². The van der Waals surface area contributed by atoms with Crippen molar-refractivity contribution >= 4 is 23.0 Å². The first-order valence-corrected chi connectivity index (χ1v) is 5.80. The number of hydrogen-bond donors (Lipinski definition) is 2. The van der Waals surface area contributed by atoms with Gasteiger partial charge in [0, 0.05) is 30.7 Å². The number of halogens is 1. The molecule has 2 aromatic rings. The number of nitrogens with two attached hydrogens (primary N) is 1. The predicted octanol–water partition coefficient (Wildman–Crippen LogP) is 2.62. The lowest BCUT2D eigenvalue weighted by Gasteiger charge is -2.17. The summed E-state index contributed by atoms with van der Waals surface area (Å²) >= 11 is 6.09. The van der Waals surface area contributed by atoms with Gasteiger partial charge in [0.05, 0.1) is 17.0 Å². The van der Waals surface area contributed by atoms with E-state index in [9.17, 15) is 0 Å². The summed E-state index contributed by atoms with van der Waals surface area (Å²) in [4.78, 5) is 4.00. The van der Waals surface area contributed by atoms with Crippen molar-refractivity contribution in [2.24, 2.45) is 0 Å². The monoisotopic (exact) mass is 250 g/mol. The third-order valence-electron chi connectivity index (χ3n) is 2.44. The molecule has 0 saturated carbocycles. The molecule has 0 amide bonds. The molecule has 1 unspecified atom stereocenters. The first kappa shape index (κ1) is 11.8. The van der Waals surface area contributed by atoms with Crippen LogP contribution in [0.15, 0.2) is 36.9 Å². The van der Waals surface area contributed by atoms with E-state index >= 15 is 0 Å². The summed E-state index contributed by atoms with van der Waals surface area (Å²) in [6.07, 6.45) is 5.49. The molecule has 1 aromatic carbocycles. The number of benzene rings is 1. The van der Waals surface area contributed by atoms with Crippen molar-refractivity contribution in [3.63, 3.8) is 0 Å². The van der Waals surface area contributed by atoms with Gasteiger partial charge in [-0.05, 0) is 25.1 Å². The maximum absolute atomic E-state index is 6.09. The molecular weight excluding hydrogens is 236 g/mol.